The molecule has 0 atom stereocenters. The van der Waals surface area contributed by atoms with E-state index in [2.05, 4.69) is 33.4 Å². The van der Waals surface area contributed by atoms with E-state index in [1.54, 1.807) is 28.4 Å². The maximum Gasteiger partial charge on any atom is 0.142 e. The molecule has 60 heavy (non-hydrogen) atoms. The minimum Gasteiger partial charge on any atom is -0.497 e. The Bertz CT molecular complexity index is 2000. The van der Waals surface area contributed by atoms with E-state index in [1.165, 1.54) is 25.7 Å². The lowest BCUT2D eigenvalue weighted by atomic mass is 10.1. The van der Waals surface area contributed by atoms with Crippen LogP contribution in [-0.2, 0) is 0 Å². The van der Waals surface area contributed by atoms with E-state index in [4.69, 9.17) is 28.4 Å². The minimum atomic E-state index is 0.660. The number of ether oxygens (including phenoxy) is 6. The van der Waals surface area contributed by atoms with Crippen LogP contribution in [0.3, 0.4) is 0 Å². The number of anilines is 8. The van der Waals surface area contributed by atoms with Crippen molar-refractivity contribution < 1.29 is 28.4 Å². The van der Waals surface area contributed by atoms with Crippen LogP contribution in [0, 0.1) is 0 Å². The highest BCUT2D eigenvalue weighted by molar-refractivity contribution is 5.75. The van der Waals surface area contributed by atoms with Crippen LogP contribution in [0.25, 0.3) is 0 Å². The van der Waals surface area contributed by atoms with Crippen molar-refractivity contribution >= 4 is 45.5 Å². The molecule has 6 rings (SSSR count). The van der Waals surface area contributed by atoms with Gasteiger partial charge in [0.25, 0.3) is 0 Å². The first-order valence-electron chi connectivity index (χ1n) is 20.7. The summed E-state index contributed by atoms with van der Waals surface area (Å²) in [7, 11) is 6.68. The summed E-state index contributed by atoms with van der Waals surface area (Å²) in [5.74, 6) is 4.90. The third-order valence-electron chi connectivity index (χ3n) is 10.0. The van der Waals surface area contributed by atoms with Gasteiger partial charge in [-0.15, -0.1) is 0 Å². The summed E-state index contributed by atoms with van der Waals surface area (Å²) in [6.45, 7) is 1.32. The van der Waals surface area contributed by atoms with Crippen molar-refractivity contribution in [3.8, 4) is 34.5 Å². The van der Waals surface area contributed by atoms with Gasteiger partial charge in [-0.2, -0.15) is 0 Å². The third-order valence-corrected chi connectivity index (χ3v) is 10.0. The Morgan fingerprint density at radius 3 is 0.867 bits per heavy atom. The van der Waals surface area contributed by atoms with Gasteiger partial charge in [0.1, 0.15) is 34.5 Å². The van der Waals surface area contributed by atoms with Crippen molar-refractivity contribution in [3.05, 3.63) is 133 Å². The van der Waals surface area contributed by atoms with Crippen LogP contribution in [0.2, 0.25) is 0 Å². The molecule has 0 radical (unpaired) electrons. The van der Waals surface area contributed by atoms with Crippen molar-refractivity contribution in [2.45, 2.75) is 51.4 Å². The zero-order chi connectivity index (χ0) is 41.8. The summed E-state index contributed by atoms with van der Waals surface area (Å²) in [5, 5.41) is 14.0. The molecular weight excluding hydrogens is 753 g/mol. The molecule has 6 aromatic rings. The fourth-order valence-corrected chi connectivity index (χ4v) is 6.63. The first-order chi connectivity index (χ1) is 29.5. The van der Waals surface area contributed by atoms with Gasteiger partial charge >= 0.3 is 0 Å². The van der Waals surface area contributed by atoms with E-state index in [9.17, 15) is 0 Å². The standard InChI is InChI=1S/C50H58N4O6/c1-55-43-23-13-37(14-24-43)51-41-21-31-49(47(35-41)53-39-17-27-45(57-3)28-18-39)59-33-11-9-7-5-6-8-10-12-34-60-50-32-22-42(52-38-15-25-44(56-2)26-16-38)36-48(50)54-40-19-29-46(58-4)30-20-40/h13-32,35-36,51-54H,5-12,33-34H2,1-4H3. The largest absolute Gasteiger partial charge is 0.497 e. The zero-order valence-electron chi connectivity index (χ0n) is 35.2. The fourth-order valence-electron chi connectivity index (χ4n) is 6.63. The maximum absolute atomic E-state index is 6.33. The molecule has 0 bridgehead atoms. The molecule has 0 fully saturated rings. The van der Waals surface area contributed by atoms with Crippen LogP contribution in [0.5, 0.6) is 34.5 Å². The van der Waals surface area contributed by atoms with Crippen molar-refractivity contribution in [3.63, 3.8) is 0 Å². The van der Waals surface area contributed by atoms with E-state index in [-0.39, 0.29) is 0 Å². The summed E-state index contributed by atoms with van der Waals surface area (Å²) >= 11 is 0. The highest BCUT2D eigenvalue weighted by atomic mass is 16.5. The lowest BCUT2D eigenvalue weighted by Crippen LogP contribution is -2.02. The molecule has 0 heterocycles. The molecule has 0 aliphatic rings. The molecule has 314 valence electrons. The SMILES string of the molecule is COc1ccc(Nc2ccc(OCCCCCCCCCCOc3ccc(Nc4ccc(OC)cc4)cc3Nc3ccc(OC)cc3)c(Nc3ccc(OC)cc3)c2)cc1. The molecule has 6 aromatic carbocycles. The van der Waals surface area contributed by atoms with Crippen LogP contribution in [0.1, 0.15) is 51.4 Å². The second kappa shape index (κ2) is 23.0. The van der Waals surface area contributed by atoms with Gasteiger partial charge in [0.2, 0.25) is 0 Å². The zero-order valence-corrected chi connectivity index (χ0v) is 35.2. The van der Waals surface area contributed by atoms with Crippen LogP contribution in [-0.4, -0.2) is 41.7 Å². The van der Waals surface area contributed by atoms with Crippen LogP contribution < -0.4 is 49.7 Å². The summed E-state index contributed by atoms with van der Waals surface area (Å²) in [4.78, 5) is 0. The quantitative estimate of drug-likeness (QED) is 0.0418. The molecule has 0 amide bonds. The number of rotatable bonds is 25. The number of hydrogen-bond acceptors (Lipinski definition) is 10. The predicted octanol–water partition coefficient (Wildman–Crippen LogP) is 13.3. The van der Waals surface area contributed by atoms with Gasteiger partial charge in [-0.1, -0.05) is 38.5 Å². The molecule has 0 spiro atoms. The normalized spacial score (nSPS) is 10.7. The Labute approximate surface area is 355 Å². The lowest BCUT2D eigenvalue weighted by Gasteiger charge is -2.16. The average Bonchev–Trinajstić information content (AvgIpc) is 3.29. The second-order valence-electron chi connectivity index (χ2n) is 14.4. The first kappa shape index (κ1) is 42.9. The Hall–Kier alpha value is -6.68. The number of hydrogen-bond donors (Lipinski definition) is 4. The molecule has 0 saturated heterocycles. The van der Waals surface area contributed by atoms with E-state index in [0.717, 1.165) is 106 Å². The highest BCUT2D eigenvalue weighted by Gasteiger charge is 2.10. The first-order valence-corrected chi connectivity index (χ1v) is 20.7. The van der Waals surface area contributed by atoms with E-state index >= 15 is 0 Å². The molecule has 0 unspecified atom stereocenters. The second-order valence-corrected chi connectivity index (χ2v) is 14.4. The average molecular weight is 811 g/mol. The van der Waals surface area contributed by atoms with Crippen LogP contribution >= 0.6 is 0 Å². The van der Waals surface area contributed by atoms with Crippen molar-refractivity contribution in [2.24, 2.45) is 0 Å². The van der Waals surface area contributed by atoms with E-state index in [0.29, 0.717) is 13.2 Å². The monoisotopic (exact) mass is 810 g/mol. The minimum absolute atomic E-state index is 0.660. The summed E-state index contributed by atoms with van der Waals surface area (Å²) < 4.78 is 34.0. The van der Waals surface area contributed by atoms with Gasteiger partial charge < -0.3 is 49.7 Å². The summed E-state index contributed by atoms with van der Waals surface area (Å²) in [5.41, 5.74) is 7.55. The van der Waals surface area contributed by atoms with Gasteiger partial charge in [0, 0.05) is 34.1 Å². The lowest BCUT2D eigenvalue weighted by molar-refractivity contribution is 0.302. The number of methoxy groups -OCH3 is 4. The fraction of sp³-hybridized carbons (Fsp3) is 0.280. The number of unbranched alkanes of at least 4 members (excludes halogenated alkanes) is 7. The number of benzene rings is 6. The van der Waals surface area contributed by atoms with Gasteiger partial charge in [-0.05, 0) is 146 Å². The molecule has 0 aromatic heterocycles. The van der Waals surface area contributed by atoms with Crippen molar-refractivity contribution in [1.29, 1.82) is 0 Å². The molecule has 10 heteroatoms. The molecular formula is C50H58N4O6. The van der Waals surface area contributed by atoms with Crippen molar-refractivity contribution in [2.75, 3.05) is 62.9 Å². The topological polar surface area (TPSA) is 104 Å². The number of nitrogens with one attached hydrogen (secondary N) is 4. The molecule has 0 aliphatic heterocycles. The Balaban J connectivity index is 0.913. The summed E-state index contributed by atoms with van der Waals surface area (Å²) in [6, 6.07) is 43.8. The van der Waals surface area contributed by atoms with Gasteiger partial charge in [-0.3, -0.25) is 0 Å². The molecule has 4 N–H and O–H groups in total. The van der Waals surface area contributed by atoms with Gasteiger partial charge in [0.05, 0.1) is 53.0 Å². The van der Waals surface area contributed by atoms with Crippen molar-refractivity contribution in [1.82, 2.24) is 0 Å². The summed E-state index contributed by atoms with van der Waals surface area (Å²) in [6.07, 6.45) is 9.10. The Morgan fingerprint density at radius 2 is 0.567 bits per heavy atom. The smallest absolute Gasteiger partial charge is 0.142 e. The van der Waals surface area contributed by atoms with Gasteiger partial charge in [-0.25, -0.2) is 0 Å². The Morgan fingerprint density at radius 1 is 0.300 bits per heavy atom. The molecule has 0 saturated carbocycles. The predicted molar refractivity (Wildman–Crippen MR) is 246 cm³/mol. The highest BCUT2D eigenvalue weighted by Crippen LogP contribution is 2.35. The van der Waals surface area contributed by atoms with Crippen LogP contribution in [0.15, 0.2) is 133 Å². The van der Waals surface area contributed by atoms with E-state index < -0.39 is 0 Å². The van der Waals surface area contributed by atoms with Gasteiger partial charge in [0.15, 0.2) is 0 Å². The Kier molecular flexibility index (Phi) is 16.5. The molecule has 10 nitrogen and oxygen atoms in total. The maximum atomic E-state index is 6.33. The van der Waals surface area contributed by atoms with E-state index in [1.807, 2.05) is 121 Å². The van der Waals surface area contributed by atoms with Crippen LogP contribution in [0.4, 0.5) is 45.5 Å². The third kappa shape index (κ3) is 13.4. The molecule has 0 aliphatic carbocycles.